The van der Waals surface area contributed by atoms with E-state index in [1.165, 1.54) is 0 Å². The van der Waals surface area contributed by atoms with Gasteiger partial charge in [-0.05, 0) is 30.9 Å². The van der Waals surface area contributed by atoms with Gasteiger partial charge < -0.3 is 5.32 Å². The van der Waals surface area contributed by atoms with Gasteiger partial charge in [-0.3, -0.25) is 4.72 Å². The van der Waals surface area contributed by atoms with Crippen molar-refractivity contribution in [2.24, 2.45) is 0 Å². The van der Waals surface area contributed by atoms with Crippen molar-refractivity contribution in [1.82, 2.24) is 5.32 Å². The molecule has 0 spiro atoms. The first-order chi connectivity index (χ1) is 8.81. The summed E-state index contributed by atoms with van der Waals surface area (Å²) in [5, 5.41) is 4.04. The number of nitrogens with one attached hydrogen (secondary N) is 2. The summed E-state index contributed by atoms with van der Waals surface area (Å²) < 4.78 is 24.7. The third-order valence-corrected chi connectivity index (χ3v) is 4.41. The minimum absolute atomic E-state index is 0.252. The van der Waals surface area contributed by atoms with Gasteiger partial charge in [0, 0.05) is 23.5 Å². The number of rotatable bonds is 7. The molecule has 0 fully saturated rings. The SMILES string of the molecule is CSC(C)CNC(C)c1ccc(NS(C)(=O)=O)cc1. The maximum Gasteiger partial charge on any atom is 0.229 e. The van der Waals surface area contributed by atoms with Crippen LogP contribution in [0.5, 0.6) is 0 Å². The lowest BCUT2D eigenvalue weighted by atomic mass is 10.1. The van der Waals surface area contributed by atoms with E-state index >= 15 is 0 Å². The first-order valence-corrected chi connectivity index (χ1v) is 9.33. The van der Waals surface area contributed by atoms with Gasteiger partial charge in [0.2, 0.25) is 10.0 Å². The molecule has 0 saturated heterocycles. The second-order valence-electron chi connectivity index (χ2n) is 4.67. The summed E-state index contributed by atoms with van der Waals surface area (Å²) in [6.07, 6.45) is 3.25. The molecule has 0 amide bonds. The van der Waals surface area contributed by atoms with E-state index in [1.807, 2.05) is 23.9 Å². The molecule has 0 heterocycles. The Bertz CT molecular complexity index is 486. The van der Waals surface area contributed by atoms with Crippen molar-refractivity contribution < 1.29 is 8.42 Å². The van der Waals surface area contributed by atoms with Crippen LogP contribution in [-0.4, -0.2) is 32.7 Å². The Labute approximate surface area is 120 Å². The monoisotopic (exact) mass is 302 g/mol. The fourth-order valence-corrected chi connectivity index (χ4v) is 2.42. The molecule has 19 heavy (non-hydrogen) atoms. The Balaban J connectivity index is 2.60. The third-order valence-electron chi connectivity index (χ3n) is 2.83. The Morgan fingerprint density at radius 3 is 2.26 bits per heavy atom. The molecule has 0 saturated carbocycles. The number of sulfonamides is 1. The van der Waals surface area contributed by atoms with E-state index in [0.29, 0.717) is 10.9 Å². The molecular formula is C13H22N2O2S2. The van der Waals surface area contributed by atoms with Crippen LogP contribution in [0, 0.1) is 0 Å². The summed E-state index contributed by atoms with van der Waals surface area (Å²) in [5.74, 6) is 0. The van der Waals surface area contributed by atoms with Gasteiger partial charge in [-0.1, -0.05) is 19.1 Å². The van der Waals surface area contributed by atoms with E-state index in [0.717, 1.165) is 18.4 Å². The molecule has 0 bridgehead atoms. The zero-order chi connectivity index (χ0) is 14.5. The highest BCUT2D eigenvalue weighted by molar-refractivity contribution is 7.99. The number of hydrogen-bond donors (Lipinski definition) is 2. The average molecular weight is 302 g/mol. The fraction of sp³-hybridized carbons (Fsp3) is 0.538. The summed E-state index contributed by atoms with van der Waals surface area (Å²) in [5.41, 5.74) is 1.74. The lowest BCUT2D eigenvalue weighted by molar-refractivity contribution is 0.576. The van der Waals surface area contributed by atoms with E-state index in [9.17, 15) is 8.42 Å². The molecule has 1 rings (SSSR count). The van der Waals surface area contributed by atoms with Gasteiger partial charge in [0.05, 0.1) is 6.26 Å². The topological polar surface area (TPSA) is 58.2 Å². The van der Waals surface area contributed by atoms with Crippen molar-refractivity contribution in [1.29, 1.82) is 0 Å². The molecule has 2 atom stereocenters. The number of thioether (sulfide) groups is 1. The maximum atomic E-state index is 11.1. The zero-order valence-corrected chi connectivity index (χ0v) is 13.4. The quantitative estimate of drug-likeness (QED) is 0.812. The predicted octanol–water partition coefficient (Wildman–Crippen LogP) is 2.46. The number of hydrogen-bond acceptors (Lipinski definition) is 4. The second kappa shape index (κ2) is 7.17. The predicted molar refractivity (Wildman–Crippen MR) is 84.3 cm³/mol. The lowest BCUT2D eigenvalue weighted by Crippen LogP contribution is -2.25. The molecule has 6 heteroatoms. The Kier molecular flexibility index (Phi) is 6.16. The maximum absolute atomic E-state index is 11.1. The molecule has 0 aliphatic carbocycles. The van der Waals surface area contributed by atoms with Crippen molar-refractivity contribution in [2.45, 2.75) is 25.1 Å². The first kappa shape index (κ1) is 16.3. The van der Waals surface area contributed by atoms with Gasteiger partial charge in [-0.2, -0.15) is 11.8 Å². The number of benzene rings is 1. The second-order valence-corrected chi connectivity index (χ2v) is 7.70. The minimum atomic E-state index is -3.20. The summed E-state index contributed by atoms with van der Waals surface area (Å²) >= 11 is 1.83. The third kappa shape index (κ3) is 6.31. The van der Waals surface area contributed by atoms with Crippen molar-refractivity contribution in [3.05, 3.63) is 29.8 Å². The fourth-order valence-electron chi connectivity index (χ4n) is 1.60. The van der Waals surface area contributed by atoms with E-state index < -0.39 is 10.0 Å². The lowest BCUT2D eigenvalue weighted by Gasteiger charge is -2.17. The van der Waals surface area contributed by atoms with Gasteiger partial charge in [-0.25, -0.2) is 8.42 Å². The molecule has 2 unspecified atom stereocenters. The number of anilines is 1. The van der Waals surface area contributed by atoms with Gasteiger partial charge in [0.1, 0.15) is 0 Å². The summed E-state index contributed by atoms with van der Waals surface area (Å²) in [6.45, 7) is 5.24. The van der Waals surface area contributed by atoms with Gasteiger partial charge in [0.25, 0.3) is 0 Å². The Morgan fingerprint density at radius 1 is 1.21 bits per heavy atom. The highest BCUT2D eigenvalue weighted by atomic mass is 32.2. The smallest absolute Gasteiger partial charge is 0.229 e. The van der Waals surface area contributed by atoms with Crippen LogP contribution in [-0.2, 0) is 10.0 Å². The van der Waals surface area contributed by atoms with Crippen molar-refractivity contribution in [3.63, 3.8) is 0 Å². The van der Waals surface area contributed by atoms with Crippen LogP contribution < -0.4 is 10.0 Å². The van der Waals surface area contributed by atoms with Crippen LogP contribution in [0.25, 0.3) is 0 Å². The zero-order valence-electron chi connectivity index (χ0n) is 11.8. The normalized spacial score (nSPS) is 14.9. The highest BCUT2D eigenvalue weighted by Crippen LogP contribution is 2.17. The standard InChI is InChI=1S/C13H22N2O2S2/c1-10(18-3)9-14-11(2)12-5-7-13(8-6-12)15-19(4,16)17/h5-8,10-11,14-15H,9H2,1-4H3. The van der Waals surface area contributed by atoms with Crippen LogP contribution in [0.3, 0.4) is 0 Å². The molecule has 0 aliphatic rings. The first-order valence-electron chi connectivity index (χ1n) is 6.15. The molecule has 1 aromatic carbocycles. The van der Waals surface area contributed by atoms with Crippen molar-refractivity contribution in [2.75, 3.05) is 23.8 Å². The molecular weight excluding hydrogens is 280 g/mol. The molecule has 108 valence electrons. The summed E-state index contributed by atoms with van der Waals surface area (Å²) in [4.78, 5) is 0. The Hall–Kier alpha value is -0.720. The average Bonchev–Trinajstić information content (AvgIpc) is 2.34. The van der Waals surface area contributed by atoms with Gasteiger partial charge in [-0.15, -0.1) is 0 Å². The van der Waals surface area contributed by atoms with E-state index in [4.69, 9.17) is 0 Å². The van der Waals surface area contributed by atoms with E-state index in [-0.39, 0.29) is 6.04 Å². The summed E-state index contributed by atoms with van der Waals surface area (Å²) in [6, 6.07) is 7.70. The Morgan fingerprint density at radius 2 is 1.79 bits per heavy atom. The largest absolute Gasteiger partial charge is 0.309 e. The molecule has 2 N–H and O–H groups in total. The van der Waals surface area contributed by atoms with Crippen LogP contribution in [0.4, 0.5) is 5.69 Å². The van der Waals surface area contributed by atoms with E-state index in [1.54, 1.807) is 12.1 Å². The van der Waals surface area contributed by atoms with Crippen molar-refractivity contribution >= 4 is 27.5 Å². The summed E-state index contributed by atoms with van der Waals surface area (Å²) in [7, 11) is -3.20. The molecule has 1 aromatic rings. The van der Waals surface area contributed by atoms with Gasteiger partial charge >= 0.3 is 0 Å². The molecule has 0 radical (unpaired) electrons. The van der Waals surface area contributed by atoms with Crippen LogP contribution in [0.2, 0.25) is 0 Å². The van der Waals surface area contributed by atoms with Crippen LogP contribution in [0.1, 0.15) is 25.5 Å². The van der Waals surface area contributed by atoms with Crippen molar-refractivity contribution in [3.8, 4) is 0 Å². The van der Waals surface area contributed by atoms with Crippen LogP contribution >= 0.6 is 11.8 Å². The minimum Gasteiger partial charge on any atom is -0.309 e. The van der Waals surface area contributed by atoms with Gasteiger partial charge in [0.15, 0.2) is 0 Å². The van der Waals surface area contributed by atoms with Crippen LogP contribution in [0.15, 0.2) is 24.3 Å². The highest BCUT2D eigenvalue weighted by Gasteiger charge is 2.07. The molecule has 0 aromatic heterocycles. The molecule has 4 nitrogen and oxygen atoms in total. The molecule has 0 aliphatic heterocycles. The van der Waals surface area contributed by atoms with E-state index in [2.05, 4.69) is 30.1 Å².